The molecule has 0 radical (unpaired) electrons. The molecule has 1 saturated carbocycles. The molecule has 1 fully saturated rings. The number of nitrogens with one attached hydrogen (secondary N) is 1. The highest BCUT2D eigenvalue weighted by Gasteiger charge is 2.29. The Morgan fingerprint density at radius 3 is 3.00 bits per heavy atom. The van der Waals surface area contributed by atoms with Gasteiger partial charge in [0.05, 0.1) is 5.92 Å². The summed E-state index contributed by atoms with van der Waals surface area (Å²) in [4.78, 5) is 14.8. The molecular formula is C9H11ClN2O2S. The third-order valence-corrected chi connectivity index (χ3v) is 3.68. The number of aliphatic carboxylic acids is 1. The predicted molar refractivity (Wildman–Crippen MR) is 59.5 cm³/mol. The first kappa shape index (κ1) is 10.7. The number of hydrogen-bond donors (Lipinski definition) is 2. The van der Waals surface area contributed by atoms with Gasteiger partial charge in [-0.25, -0.2) is 4.98 Å². The first-order valence-corrected chi connectivity index (χ1v) is 6.01. The molecule has 4 nitrogen and oxygen atoms in total. The topological polar surface area (TPSA) is 62.2 Å². The van der Waals surface area contributed by atoms with Crippen LogP contribution in [0.15, 0.2) is 5.38 Å². The zero-order chi connectivity index (χ0) is 10.8. The van der Waals surface area contributed by atoms with E-state index < -0.39 is 5.97 Å². The molecule has 6 heteroatoms. The Balaban J connectivity index is 1.90. The van der Waals surface area contributed by atoms with Gasteiger partial charge >= 0.3 is 5.97 Å². The van der Waals surface area contributed by atoms with Crippen LogP contribution < -0.4 is 5.32 Å². The van der Waals surface area contributed by atoms with Gasteiger partial charge in [0.25, 0.3) is 0 Å². The Morgan fingerprint density at radius 2 is 2.47 bits per heavy atom. The molecule has 1 aromatic heterocycles. The van der Waals surface area contributed by atoms with Crippen LogP contribution in [0.3, 0.4) is 0 Å². The van der Waals surface area contributed by atoms with E-state index in [1.54, 1.807) is 5.38 Å². The zero-order valence-electron chi connectivity index (χ0n) is 7.94. The van der Waals surface area contributed by atoms with Gasteiger partial charge in [0.1, 0.15) is 5.15 Å². The molecule has 15 heavy (non-hydrogen) atoms. The zero-order valence-corrected chi connectivity index (χ0v) is 9.51. The van der Waals surface area contributed by atoms with Crippen molar-refractivity contribution in [2.24, 2.45) is 5.92 Å². The Labute approximate surface area is 96.3 Å². The van der Waals surface area contributed by atoms with Crippen molar-refractivity contribution in [1.82, 2.24) is 4.98 Å². The number of aromatic nitrogens is 1. The van der Waals surface area contributed by atoms with E-state index in [4.69, 9.17) is 16.7 Å². The highest BCUT2D eigenvalue weighted by Crippen LogP contribution is 2.29. The summed E-state index contributed by atoms with van der Waals surface area (Å²) in [7, 11) is 0. The largest absolute Gasteiger partial charge is 0.481 e. The molecule has 82 valence electrons. The fourth-order valence-electron chi connectivity index (χ4n) is 1.83. The second kappa shape index (κ2) is 4.37. The summed E-state index contributed by atoms with van der Waals surface area (Å²) in [5.74, 6) is -0.908. The lowest BCUT2D eigenvalue weighted by Gasteiger charge is -2.10. The molecule has 2 unspecified atom stereocenters. The predicted octanol–water partition coefficient (Wildman–Crippen LogP) is 2.46. The molecule has 1 heterocycles. The third-order valence-electron chi connectivity index (χ3n) is 2.59. The summed E-state index contributed by atoms with van der Waals surface area (Å²) in [6.45, 7) is 0. The van der Waals surface area contributed by atoms with Gasteiger partial charge in [-0.3, -0.25) is 4.79 Å². The Morgan fingerprint density at radius 1 is 1.67 bits per heavy atom. The lowest BCUT2D eigenvalue weighted by atomic mass is 10.1. The SMILES string of the molecule is O=C(O)C1CCC(Nc2nc(Cl)cs2)C1. The van der Waals surface area contributed by atoms with Crippen molar-refractivity contribution >= 4 is 34.0 Å². The van der Waals surface area contributed by atoms with Crippen molar-refractivity contribution in [3.8, 4) is 0 Å². The van der Waals surface area contributed by atoms with E-state index in [2.05, 4.69) is 10.3 Å². The molecular weight excluding hydrogens is 236 g/mol. The lowest BCUT2D eigenvalue weighted by molar-refractivity contribution is -0.141. The minimum absolute atomic E-state index is 0.210. The van der Waals surface area contributed by atoms with Gasteiger partial charge in [-0.2, -0.15) is 0 Å². The number of hydrogen-bond acceptors (Lipinski definition) is 4. The van der Waals surface area contributed by atoms with Crippen LogP contribution >= 0.6 is 22.9 Å². The summed E-state index contributed by atoms with van der Waals surface area (Å²) in [5, 5.41) is 15.1. The molecule has 1 aliphatic carbocycles. The second-order valence-electron chi connectivity index (χ2n) is 3.66. The fourth-order valence-corrected chi connectivity index (χ4v) is 2.75. The number of thiazole rings is 1. The van der Waals surface area contributed by atoms with E-state index in [9.17, 15) is 4.79 Å². The van der Waals surface area contributed by atoms with Gasteiger partial charge in [-0.1, -0.05) is 11.6 Å². The minimum atomic E-state index is -0.698. The number of halogens is 1. The van der Waals surface area contributed by atoms with Gasteiger partial charge < -0.3 is 10.4 Å². The minimum Gasteiger partial charge on any atom is -0.481 e. The maximum absolute atomic E-state index is 10.7. The van der Waals surface area contributed by atoms with Gasteiger partial charge in [0, 0.05) is 11.4 Å². The highest BCUT2D eigenvalue weighted by atomic mass is 35.5. The molecule has 0 spiro atoms. The first-order valence-electron chi connectivity index (χ1n) is 4.75. The summed E-state index contributed by atoms with van der Waals surface area (Å²) in [6, 6.07) is 0.216. The molecule has 1 aromatic rings. The lowest BCUT2D eigenvalue weighted by Crippen LogP contribution is -2.17. The van der Waals surface area contributed by atoms with Crippen LogP contribution in [-0.4, -0.2) is 22.1 Å². The molecule has 0 saturated heterocycles. The van der Waals surface area contributed by atoms with Crippen molar-refractivity contribution in [2.45, 2.75) is 25.3 Å². The van der Waals surface area contributed by atoms with E-state index >= 15 is 0 Å². The van der Waals surface area contributed by atoms with Crippen molar-refractivity contribution in [2.75, 3.05) is 5.32 Å². The van der Waals surface area contributed by atoms with Gasteiger partial charge in [0.2, 0.25) is 0 Å². The van der Waals surface area contributed by atoms with E-state index in [1.807, 2.05) is 0 Å². The van der Waals surface area contributed by atoms with Crippen molar-refractivity contribution < 1.29 is 9.90 Å². The molecule has 2 atom stereocenters. The molecule has 1 aliphatic rings. The van der Waals surface area contributed by atoms with Crippen LogP contribution in [0.4, 0.5) is 5.13 Å². The van der Waals surface area contributed by atoms with Gasteiger partial charge in [-0.15, -0.1) is 11.3 Å². The smallest absolute Gasteiger partial charge is 0.306 e. The number of carboxylic acid groups (broad SMARTS) is 1. The Hall–Kier alpha value is -0.810. The maximum Gasteiger partial charge on any atom is 0.306 e. The van der Waals surface area contributed by atoms with Crippen LogP contribution in [0.1, 0.15) is 19.3 Å². The molecule has 2 rings (SSSR count). The van der Waals surface area contributed by atoms with Gasteiger partial charge in [-0.05, 0) is 19.3 Å². The quantitative estimate of drug-likeness (QED) is 0.860. The second-order valence-corrected chi connectivity index (χ2v) is 4.91. The summed E-state index contributed by atoms with van der Waals surface area (Å²) in [5.41, 5.74) is 0. The summed E-state index contributed by atoms with van der Waals surface area (Å²) < 4.78 is 0. The van der Waals surface area contributed by atoms with E-state index in [-0.39, 0.29) is 12.0 Å². The van der Waals surface area contributed by atoms with Crippen LogP contribution in [-0.2, 0) is 4.79 Å². The molecule has 2 N–H and O–H groups in total. The van der Waals surface area contributed by atoms with E-state index in [0.717, 1.165) is 18.0 Å². The Kier molecular flexibility index (Phi) is 3.11. The molecule has 0 aliphatic heterocycles. The summed E-state index contributed by atoms with van der Waals surface area (Å²) >= 11 is 7.13. The maximum atomic E-state index is 10.7. The number of carbonyl (C=O) groups is 1. The summed E-state index contributed by atoms with van der Waals surface area (Å²) in [6.07, 6.45) is 2.30. The molecule has 0 aromatic carbocycles. The van der Waals surface area contributed by atoms with Crippen LogP contribution in [0.5, 0.6) is 0 Å². The number of carboxylic acids is 1. The number of nitrogens with zero attached hydrogens (tertiary/aromatic N) is 1. The van der Waals surface area contributed by atoms with Crippen molar-refractivity contribution in [3.63, 3.8) is 0 Å². The monoisotopic (exact) mass is 246 g/mol. The van der Waals surface area contributed by atoms with Crippen LogP contribution in [0, 0.1) is 5.92 Å². The van der Waals surface area contributed by atoms with Crippen molar-refractivity contribution in [1.29, 1.82) is 0 Å². The van der Waals surface area contributed by atoms with E-state index in [1.165, 1.54) is 11.3 Å². The average molecular weight is 247 g/mol. The Bertz CT molecular complexity index is 369. The van der Waals surface area contributed by atoms with Gasteiger partial charge in [0.15, 0.2) is 5.13 Å². The van der Waals surface area contributed by atoms with E-state index in [0.29, 0.717) is 11.6 Å². The molecule has 0 amide bonds. The van der Waals surface area contributed by atoms with Crippen LogP contribution in [0.25, 0.3) is 0 Å². The normalized spacial score (nSPS) is 25.4. The third kappa shape index (κ3) is 2.60. The first-order chi connectivity index (χ1) is 7.15. The molecule has 0 bridgehead atoms. The van der Waals surface area contributed by atoms with Crippen LogP contribution in [0.2, 0.25) is 5.15 Å². The highest BCUT2D eigenvalue weighted by molar-refractivity contribution is 7.14. The number of rotatable bonds is 3. The standard InChI is InChI=1S/C9H11ClN2O2S/c10-7-4-15-9(12-7)11-6-2-1-5(3-6)8(13)14/h4-6H,1-3H2,(H,11,12)(H,13,14). The van der Waals surface area contributed by atoms with Crippen molar-refractivity contribution in [3.05, 3.63) is 10.5 Å². The number of anilines is 1. The average Bonchev–Trinajstić information content (AvgIpc) is 2.76. The fraction of sp³-hybridized carbons (Fsp3) is 0.556.